The van der Waals surface area contributed by atoms with Gasteiger partial charge >= 0.3 is 0 Å². The number of aromatic nitrogens is 3. The molecule has 0 unspecified atom stereocenters. The van der Waals surface area contributed by atoms with Crippen molar-refractivity contribution in [2.24, 2.45) is 0 Å². The molecule has 1 N–H and O–H groups in total. The Bertz CT molecular complexity index is 1380. The zero-order valence-corrected chi connectivity index (χ0v) is 17.7. The van der Waals surface area contributed by atoms with E-state index >= 15 is 0 Å². The number of piperazine rings is 1. The SMILES string of the molecule is O=S(=O)(c1cc(F)c(N2CCNCC2)c(F)c1)n1ccc2c(-c3ccccn3)cncc21. The number of anilines is 1. The molecule has 0 amide bonds. The number of benzene rings is 1. The molecule has 1 aliphatic heterocycles. The average molecular weight is 455 g/mol. The van der Waals surface area contributed by atoms with Crippen LogP contribution in [0.1, 0.15) is 0 Å². The number of nitrogens with zero attached hydrogens (tertiary/aromatic N) is 4. The lowest BCUT2D eigenvalue weighted by molar-refractivity contribution is 0.532. The van der Waals surface area contributed by atoms with Crippen molar-refractivity contribution in [1.29, 1.82) is 0 Å². The van der Waals surface area contributed by atoms with Crippen molar-refractivity contribution in [2.75, 3.05) is 31.1 Å². The number of rotatable bonds is 4. The highest BCUT2D eigenvalue weighted by Crippen LogP contribution is 2.32. The second-order valence-electron chi connectivity index (χ2n) is 7.42. The number of hydrogen-bond acceptors (Lipinski definition) is 6. The molecule has 7 nitrogen and oxygen atoms in total. The molecular formula is C22H19F2N5O2S. The van der Waals surface area contributed by atoms with Gasteiger partial charge in [0.25, 0.3) is 10.0 Å². The van der Waals surface area contributed by atoms with Crippen molar-refractivity contribution in [3.05, 3.63) is 72.8 Å². The minimum atomic E-state index is -4.27. The predicted molar refractivity (Wildman–Crippen MR) is 117 cm³/mol. The normalized spacial score (nSPS) is 14.8. The lowest BCUT2D eigenvalue weighted by atomic mass is 10.1. The lowest BCUT2D eigenvalue weighted by Crippen LogP contribution is -2.44. The summed E-state index contributed by atoms with van der Waals surface area (Å²) in [6.07, 6.45) is 5.99. The third-order valence-electron chi connectivity index (χ3n) is 5.50. The van der Waals surface area contributed by atoms with Gasteiger partial charge in [-0.1, -0.05) is 6.07 Å². The molecular weight excluding hydrogens is 436 g/mol. The molecule has 1 fully saturated rings. The molecule has 164 valence electrons. The standard InChI is InChI=1S/C22H19F2N5O2S/c23-18-11-15(12-19(24)22(18)28-9-6-25-7-10-28)32(30,31)29-8-4-16-17(13-26-14-21(16)29)20-3-1-2-5-27-20/h1-5,8,11-14,25H,6-7,9-10H2. The van der Waals surface area contributed by atoms with E-state index in [4.69, 9.17) is 0 Å². The summed E-state index contributed by atoms with van der Waals surface area (Å²) in [6, 6.07) is 8.76. The summed E-state index contributed by atoms with van der Waals surface area (Å²) in [5, 5.41) is 3.73. The van der Waals surface area contributed by atoms with Crippen LogP contribution >= 0.6 is 0 Å². The van der Waals surface area contributed by atoms with Gasteiger partial charge in [-0.15, -0.1) is 0 Å². The van der Waals surface area contributed by atoms with E-state index in [2.05, 4.69) is 15.3 Å². The third kappa shape index (κ3) is 3.41. The third-order valence-corrected chi connectivity index (χ3v) is 7.17. The molecule has 1 aromatic carbocycles. The van der Waals surface area contributed by atoms with E-state index in [1.807, 2.05) is 6.07 Å². The summed E-state index contributed by atoms with van der Waals surface area (Å²) in [7, 11) is -4.27. The van der Waals surface area contributed by atoms with Crippen LogP contribution in [0.15, 0.2) is 66.1 Å². The minimum Gasteiger partial charge on any atom is -0.364 e. The van der Waals surface area contributed by atoms with Gasteiger partial charge < -0.3 is 10.2 Å². The summed E-state index contributed by atoms with van der Waals surface area (Å²) in [6.45, 7) is 2.06. The smallest absolute Gasteiger partial charge is 0.268 e. The van der Waals surface area contributed by atoms with E-state index in [1.165, 1.54) is 12.4 Å². The quantitative estimate of drug-likeness (QED) is 0.510. The maximum atomic E-state index is 14.9. The second-order valence-corrected chi connectivity index (χ2v) is 9.24. The fourth-order valence-corrected chi connectivity index (χ4v) is 5.32. The van der Waals surface area contributed by atoms with Crippen molar-refractivity contribution in [3.63, 3.8) is 0 Å². The molecule has 0 atom stereocenters. The van der Waals surface area contributed by atoms with Crippen LogP contribution in [0.25, 0.3) is 22.2 Å². The van der Waals surface area contributed by atoms with Crippen LogP contribution in [0, 0.1) is 11.6 Å². The van der Waals surface area contributed by atoms with Crippen LogP contribution in [-0.4, -0.2) is 48.5 Å². The number of halogens is 2. The highest BCUT2D eigenvalue weighted by molar-refractivity contribution is 7.90. The molecule has 4 heterocycles. The van der Waals surface area contributed by atoms with Crippen LogP contribution in [0.3, 0.4) is 0 Å². The predicted octanol–water partition coefficient (Wildman–Crippen LogP) is 3.02. The molecule has 5 rings (SSSR count). The van der Waals surface area contributed by atoms with Gasteiger partial charge in [0.2, 0.25) is 0 Å². The van der Waals surface area contributed by atoms with Gasteiger partial charge in [0, 0.05) is 55.7 Å². The summed E-state index contributed by atoms with van der Waals surface area (Å²) in [4.78, 5) is 9.56. The van der Waals surface area contributed by atoms with E-state index in [0.717, 1.165) is 16.1 Å². The van der Waals surface area contributed by atoms with E-state index < -0.39 is 26.6 Å². The first-order valence-corrected chi connectivity index (χ1v) is 11.5. The molecule has 10 heteroatoms. The molecule has 1 aliphatic rings. The zero-order chi connectivity index (χ0) is 22.3. The van der Waals surface area contributed by atoms with Crippen molar-refractivity contribution in [2.45, 2.75) is 4.90 Å². The molecule has 3 aromatic heterocycles. The van der Waals surface area contributed by atoms with Crippen molar-refractivity contribution in [1.82, 2.24) is 19.3 Å². The van der Waals surface area contributed by atoms with E-state index in [0.29, 0.717) is 48.3 Å². The summed E-state index contributed by atoms with van der Waals surface area (Å²) in [5.41, 5.74) is 1.38. The molecule has 0 saturated carbocycles. The number of nitrogens with one attached hydrogen (secondary N) is 1. The minimum absolute atomic E-state index is 0.207. The van der Waals surface area contributed by atoms with E-state index in [-0.39, 0.29) is 5.69 Å². The topological polar surface area (TPSA) is 80.1 Å². The van der Waals surface area contributed by atoms with Crippen molar-refractivity contribution < 1.29 is 17.2 Å². The fraction of sp³-hybridized carbons (Fsp3) is 0.182. The first-order chi connectivity index (χ1) is 15.5. The molecule has 0 aliphatic carbocycles. The monoisotopic (exact) mass is 455 g/mol. The Morgan fingerprint density at radius 2 is 1.75 bits per heavy atom. The molecule has 4 aromatic rings. The van der Waals surface area contributed by atoms with Gasteiger partial charge in [0.15, 0.2) is 11.6 Å². The summed E-state index contributed by atoms with van der Waals surface area (Å²) >= 11 is 0. The van der Waals surface area contributed by atoms with E-state index in [1.54, 1.807) is 35.5 Å². The van der Waals surface area contributed by atoms with Gasteiger partial charge in [-0.05, 0) is 30.3 Å². The Hall–Kier alpha value is -3.37. The Kier molecular flexibility index (Phi) is 5.10. The highest BCUT2D eigenvalue weighted by atomic mass is 32.2. The van der Waals surface area contributed by atoms with Crippen molar-refractivity contribution >= 4 is 26.6 Å². The van der Waals surface area contributed by atoms with Crippen LogP contribution < -0.4 is 10.2 Å². The highest BCUT2D eigenvalue weighted by Gasteiger charge is 2.26. The first kappa shape index (κ1) is 20.5. The zero-order valence-electron chi connectivity index (χ0n) is 16.9. The molecule has 0 radical (unpaired) electrons. The Morgan fingerprint density at radius 3 is 2.44 bits per heavy atom. The van der Waals surface area contributed by atoms with Crippen LogP contribution in [0.4, 0.5) is 14.5 Å². The van der Waals surface area contributed by atoms with Gasteiger partial charge in [-0.2, -0.15) is 0 Å². The largest absolute Gasteiger partial charge is 0.364 e. The maximum absolute atomic E-state index is 14.9. The fourth-order valence-electron chi connectivity index (χ4n) is 3.96. The first-order valence-electron chi connectivity index (χ1n) is 10.0. The number of pyridine rings is 2. The molecule has 0 spiro atoms. The Morgan fingerprint density at radius 1 is 1.00 bits per heavy atom. The Labute approximate surface area is 183 Å². The molecule has 0 bridgehead atoms. The lowest BCUT2D eigenvalue weighted by Gasteiger charge is -2.30. The van der Waals surface area contributed by atoms with Gasteiger partial charge in [0.05, 0.1) is 22.3 Å². The Balaban J connectivity index is 1.60. The van der Waals surface area contributed by atoms with E-state index in [9.17, 15) is 17.2 Å². The average Bonchev–Trinajstić information content (AvgIpc) is 3.25. The molecule has 1 saturated heterocycles. The molecule has 32 heavy (non-hydrogen) atoms. The second kappa shape index (κ2) is 7.95. The summed E-state index contributed by atoms with van der Waals surface area (Å²) < 4.78 is 57.4. The number of hydrogen-bond donors (Lipinski definition) is 1. The van der Waals surface area contributed by atoms with Gasteiger partial charge in [-0.3, -0.25) is 9.97 Å². The van der Waals surface area contributed by atoms with Crippen LogP contribution in [0.5, 0.6) is 0 Å². The van der Waals surface area contributed by atoms with Crippen LogP contribution in [0.2, 0.25) is 0 Å². The van der Waals surface area contributed by atoms with Gasteiger partial charge in [0.1, 0.15) is 5.69 Å². The van der Waals surface area contributed by atoms with Crippen molar-refractivity contribution in [3.8, 4) is 11.3 Å². The van der Waals surface area contributed by atoms with Crippen LogP contribution in [-0.2, 0) is 10.0 Å². The number of fused-ring (bicyclic) bond motifs is 1. The van der Waals surface area contributed by atoms with Gasteiger partial charge in [-0.25, -0.2) is 21.2 Å². The summed E-state index contributed by atoms with van der Waals surface area (Å²) in [5.74, 6) is -1.82. The maximum Gasteiger partial charge on any atom is 0.268 e.